The molecule has 11 aromatic heterocycles. The van der Waals surface area contributed by atoms with Gasteiger partial charge < -0.3 is 34.7 Å². The van der Waals surface area contributed by atoms with Crippen LogP contribution in [-0.4, -0.2) is 198 Å². The number of aromatic nitrogens is 13. The number of pyridine rings is 9. The van der Waals surface area contributed by atoms with Gasteiger partial charge in [-0.3, -0.25) is 45.5 Å². The minimum Gasteiger partial charge on any atom is -0.366 e. The number of carbonyl (C=O) groups is 4. The van der Waals surface area contributed by atoms with E-state index in [1.165, 1.54) is 50.2 Å². The molecule has 0 radical (unpaired) electrons. The summed E-state index contributed by atoms with van der Waals surface area (Å²) in [7, 11) is 3.95. The molecule has 119 heavy (non-hydrogen) atoms. The average molecular weight is 1610 g/mol. The predicted octanol–water partition coefficient (Wildman–Crippen LogP) is 13.8. The Bertz CT molecular complexity index is 5530. The number of amides is 8. The maximum absolute atomic E-state index is 13.3. The fourth-order valence-corrected chi connectivity index (χ4v) is 16.7. The zero-order chi connectivity index (χ0) is 82.2. The van der Waals surface area contributed by atoms with E-state index in [9.17, 15) is 28.0 Å². The smallest absolute Gasteiger partial charge is 0.333 e. The molecule has 33 heteroatoms. The van der Waals surface area contributed by atoms with Crippen LogP contribution < -0.4 is 70.3 Å². The summed E-state index contributed by atoms with van der Waals surface area (Å²) in [6, 6.07) is 36.6. The quantitative estimate of drug-likeness (QED) is 0.0988. The summed E-state index contributed by atoms with van der Waals surface area (Å²) in [6.45, 7) is 16.3. The van der Waals surface area contributed by atoms with Gasteiger partial charge in [0.05, 0.1) is 82.1 Å². The number of hydrogen-bond acceptors (Lipinski definition) is 22. The number of nitrogens with zero attached hydrogens (tertiary/aromatic N) is 23. The lowest BCUT2D eigenvalue weighted by atomic mass is 10.1. The molecule has 4 N–H and O–H groups in total. The SMILES string of the molecule is Cc1cc(N(C)C)ncc1-c1ccc2c(n1)N(C(=O)Nc1ccccn1)[C@H]1CCN2C1.Cc1ccc(-c2ccc3c(n2)N(C(=O)NC(C)(C)C)[C@H]2CCN3C2)cn1.O=C(Nc1ccccn1)N1c2nc(-c3ccc(N4CCCCC4)nc3)ccc2N2CC[C@H]1C2.O=C(Nc1cnccn1)N1c2nc(-c3cnn(C(F)F)c3)ccc2N2CC[C@H]1C2. The minimum atomic E-state index is -2.72. The Hall–Kier alpha value is -13.6. The number of urea groups is 4. The summed E-state index contributed by atoms with van der Waals surface area (Å²) in [6.07, 6.45) is 23.4. The van der Waals surface area contributed by atoms with Crippen molar-refractivity contribution in [2.45, 2.75) is 116 Å². The summed E-state index contributed by atoms with van der Waals surface area (Å²) in [5.41, 5.74) is 11.9. The molecule has 8 bridgehead atoms. The topological polar surface area (TPSA) is 308 Å². The zero-order valence-electron chi connectivity index (χ0n) is 67.3. The first-order valence-corrected chi connectivity index (χ1v) is 40.3. The summed E-state index contributed by atoms with van der Waals surface area (Å²) >= 11 is 0. The third-order valence-corrected chi connectivity index (χ3v) is 22.6. The van der Waals surface area contributed by atoms with E-state index in [0.717, 1.165) is 170 Å². The fraction of sp³-hybridized carbons (Fsp3) is 0.349. The highest BCUT2D eigenvalue weighted by Crippen LogP contribution is 2.46. The van der Waals surface area contributed by atoms with Gasteiger partial charge in [0.25, 0.3) is 0 Å². The molecule has 9 aliphatic rings. The lowest BCUT2D eigenvalue weighted by Gasteiger charge is -2.37. The molecular formula is C86H93F2N27O4. The van der Waals surface area contributed by atoms with Crippen molar-refractivity contribution in [3.8, 4) is 45.0 Å². The van der Waals surface area contributed by atoms with Crippen molar-refractivity contribution in [2.24, 2.45) is 0 Å². The van der Waals surface area contributed by atoms with Gasteiger partial charge in [-0.1, -0.05) is 12.1 Å². The number of nitrogens with one attached hydrogen (secondary N) is 4. The van der Waals surface area contributed by atoms with Crippen LogP contribution in [0.1, 0.15) is 83.5 Å². The Kier molecular flexibility index (Phi) is 21.7. The largest absolute Gasteiger partial charge is 0.366 e. The van der Waals surface area contributed by atoms with Gasteiger partial charge in [-0.05, 0) is 188 Å². The molecule has 0 aliphatic carbocycles. The lowest BCUT2D eigenvalue weighted by molar-refractivity contribution is 0.0566. The molecule has 5 fully saturated rings. The van der Waals surface area contributed by atoms with Crippen LogP contribution in [0.4, 0.5) is 103 Å². The highest BCUT2D eigenvalue weighted by molar-refractivity contribution is 6.07. The molecule has 0 aromatic carbocycles. The third kappa shape index (κ3) is 16.5. The second kappa shape index (κ2) is 33.2. The second-order valence-corrected chi connectivity index (χ2v) is 32.1. The number of carbonyl (C=O) groups excluding carboxylic acids is 4. The third-order valence-electron chi connectivity index (χ3n) is 22.6. The number of aryl methyl sites for hydroxylation is 2. The number of rotatable bonds is 10. The van der Waals surface area contributed by atoms with E-state index in [2.05, 4.69) is 129 Å². The lowest BCUT2D eigenvalue weighted by Crippen LogP contribution is -2.54. The Balaban J connectivity index is 0.000000114. The molecule has 9 aliphatic heterocycles. The highest BCUT2D eigenvalue weighted by atomic mass is 19.3. The van der Waals surface area contributed by atoms with Crippen molar-refractivity contribution < 1.29 is 28.0 Å². The van der Waals surface area contributed by atoms with E-state index in [4.69, 9.17) is 19.9 Å². The van der Waals surface area contributed by atoms with Gasteiger partial charge in [0, 0.05) is 163 Å². The van der Waals surface area contributed by atoms with Crippen molar-refractivity contribution in [1.82, 2.24) is 69.9 Å². The Labute approximate surface area is 687 Å². The molecule has 31 nitrogen and oxygen atoms in total. The van der Waals surface area contributed by atoms with Crippen molar-refractivity contribution in [3.05, 3.63) is 188 Å². The molecule has 8 amide bonds. The molecule has 20 heterocycles. The predicted molar refractivity (Wildman–Crippen MR) is 457 cm³/mol. The van der Waals surface area contributed by atoms with Gasteiger partial charge in [0.2, 0.25) is 0 Å². The molecule has 0 spiro atoms. The van der Waals surface area contributed by atoms with Crippen LogP contribution >= 0.6 is 0 Å². The number of hydrogen-bond donors (Lipinski definition) is 4. The molecule has 0 saturated carbocycles. The van der Waals surface area contributed by atoms with Gasteiger partial charge in [-0.2, -0.15) is 13.9 Å². The average Bonchev–Trinajstić information content (AvgIpc) is 1.67. The normalized spacial score (nSPS) is 18.1. The van der Waals surface area contributed by atoms with Crippen molar-refractivity contribution in [3.63, 3.8) is 0 Å². The van der Waals surface area contributed by atoms with Crippen LogP contribution in [0, 0.1) is 13.8 Å². The molecule has 4 atom stereocenters. The highest BCUT2D eigenvalue weighted by Gasteiger charge is 2.45. The van der Waals surface area contributed by atoms with Crippen LogP contribution in [0.3, 0.4) is 0 Å². The zero-order valence-corrected chi connectivity index (χ0v) is 67.3. The van der Waals surface area contributed by atoms with E-state index in [1.807, 2.05) is 136 Å². The van der Waals surface area contributed by atoms with Crippen LogP contribution in [-0.2, 0) is 0 Å². The summed E-state index contributed by atoms with van der Waals surface area (Å²) in [4.78, 5) is 123. The van der Waals surface area contributed by atoms with Crippen LogP contribution in [0.25, 0.3) is 45.0 Å². The molecule has 11 aromatic rings. The van der Waals surface area contributed by atoms with Gasteiger partial charge >= 0.3 is 30.7 Å². The summed E-state index contributed by atoms with van der Waals surface area (Å²) in [5.74, 6) is 5.97. The Morgan fingerprint density at radius 3 is 1.33 bits per heavy atom. The maximum atomic E-state index is 13.3. The maximum Gasteiger partial charge on any atom is 0.333 e. The number of anilines is 13. The van der Waals surface area contributed by atoms with Crippen molar-refractivity contribution in [1.29, 1.82) is 0 Å². The Morgan fingerprint density at radius 2 is 0.908 bits per heavy atom. The van der Waals surface area contributed by atoms with E-state index in [0.29, 0.717) is 57.4 Å². The fourth-order valence-electron chi connectivity index (χ4n) is 16.7. The van der Waals surface area contributed by atoms with Crippen LogP contribution in [0.15, 0.2) is 177 Å². The molecule has 20 rings (SSSR count). The number of piperidine rings is 1. The van der Waals surface area contributed by atoms with Crippen LogP contribution in [0.2, 0.25) is 0 Å². The van der Waals surface area contributed by atoms with Gasteiger partial charge in [-0.15, -0.1) is 0 Å². The van der Waals surface area contributed by atoms with Gasteiger partial charge in [0.1, 0.15) is 23.3 Å². The summed E-state index contributed by atoms with van der Waals surface area (Å²) in [5, 5.41) is 15.4. The number of fused-ring (bicyclic) bond motifs is 16. The summed E-state index contributed by atoms with van der Waals surface area (Å²) < 4.78 is 26.3. The van der Waals surface area contributed by atoms with Crippen molar-refractivity contribution >= 4 is 99.2 Å². The molecule has 5 saturated heterocycles. The first kappa shape index (κ1) is 77.9. The van der Waals surface area contributed by atoms with E-state index >= 15 is 0 Å². The Morgan fingerprint density at radius 1 is 0.445 bits per heavy atom. The first-order chi connectivity index (χ1) is 57.7. The monoisotopic (exact) mass is 1610 g/mol. The van der Waals surface area contributed by atoms with Gasteiger partial charge in [-0.25, -0.2) is 68.7 Å². The molecule has 610 valence electrons. The standard InChI is InChI=1S/C25H27N7O.C23H25N7O.C20H25N5O.C18H16F2N8O/c33-25(29-22-6-2-3-12-26-22)32-19-11-15-31(17-19)21-9-8-20(28-24(21)32)18-7-10-23(27-16-18)30-13-4-1-5-14-30;1-15-12-21(28(2)3)25-13-17(15)18-7-8-19-22(26-18)30(16-9-11-29(19)14-16)23(31)27-20-6-4-5-10-24-20;1-13-5-6-14(11-21-13)16-7-8-17-18(22-16)25(15-9-10-24(17)12-15)19(26)23-20(2,3)4;19-17(20)27-9-11(7-23-27)13-1-2-14-16(24-13)28(12-3-6-26(14)10-12)18(29)25-15-8-21-4-5-22-15/h2-3,6-10,12,16,19H,1,4-5,11,13-15,17H2,(H,26,29,33);4-8,10,12-13,16H,9,11,14H2,1-3H3,(H,24,27,31);5-8,11,15H,9-10,12H2,1-4H3,(H,23,26);1-2,4-5,7-9,12,17H,3,6,10H2,(H,22,25,29)/t19-;16-;15-;12-/m0000/s1. The first-order valence-electron chi connectivity index (χ1n) is 40.3. The van der Waals surface area contributed by atoms with Crippen LogP contribution in [0.5, 0.6) is 0 Å². The minimum absolute atomic E-state index is 0.0364. The molecule has 0 unspecified atom stereocenters. The van der Waals surface area contributed by atoms with Crippen molar-refractivity contribution in [2.75, 3.05) is 144 Å². The van der Waals surface area contributed by atoms with Gasteiger partial charge in [0.15, 0.2) is 29.1 Å². The number of alkyl halides is 2. The van der Waals surface area contributed by atoms with E-state index < -0.39 is 6.55 Å². The number of halogens is 2. The second-order valence-electron chi connectivity index (χ2n) is 32.1. The van der Waals surface area contributed by atoms with E-state index in [-0.39, 0.29) is 53.8 Å². The van der Waals surface area contributed by atoms with E-state index in [1.54, 1.807) is 40.4 Å². The molecular weight excluding hydrogens is 1510 g/mol.